The molecule has 0 saturated heterocycles. The molecular weight excluding hydrogens is 208 g/mol. The fourth-order valence-corrected chi connectivity index (χ4v) is 1.51. The summed E-state index contributed by atoms with van der Waals surface area (Å²) in [5.74, 6) is -0.225. The monoisotopic (exact) mass is 224 g/mol. The molecular formula is C12H16O2S. The van der Waals surface area contributed by atoms with E-state index in [9.17, 15) is 4.79 Å². The van der Waals surface area contributed by atoms with Crippen molar-refractivity contribution in [2.24, 2.45) is 0 Å². The molecule has 0 aliphatic rings. The number of carbonyl (C=O) groups excluding carboxylic acids is 1. The van der Waals surface area contributed by atoms with Gasteiger partial charge >= 0.3 is 5.97 Å². The number of rotatable bonds is 5. The lowest BCUT2D eigenvalue weighted by atomic mass is 10.1. The topological polar surface area (TPSA) is 26.3 Å². The van der Waals surface area contributed by atoms with Gasteiger partial charge in [-0.15, -0.1) is 0 Å². The van der Waals surface area contributed by atoms with Gasteiger partial charge in [0.2, 0.25) is 0 Å². The van der Waals surface area contributed by atoms with E-state index in [2.05, 4.69) is 12.6 Å². The zero-order valence-corrected chi connectivity index (χ0v) is 9.74. The van der Waals surface area contributed by atoms with Crippen LogP contribution >= 0.6 is 12.6 Å². The minimum Gasteiger partial charge on any atom is -0.465 e. The van der Waals surface area contributed by atoms with Crippen LogP contribution in [0, 0.1) is 0 Å². The molecule has 1 rings (SSSR count). The highest BCUT2D eigenvalue weighted by molar-refractivity contribution is 7.81. The van der Waals surface area contributed by atoms with Crippen molar-refractivity contribution >= 4 is 18.6 Å². The predicted octanol–water partition coefficient (Wildman–Crippen LogP) is 2.48. The molecule has 0 aliphatic carbocycles. The molecule has 1 aromatic carbocycles. The molecule has 0 bridgehead atoms. The Bertz CT molecular complexity index is 298. The van der Waals surface area contributed by atoms with E-state index in [4.69, 9.17) is 4.74 Å². The molecule has 3 heteroatoms. The molecule has 1 aromatic rings. The first-order chi connectivity index (χ1) is 7.24. The molecule has 0 aromatic heterocycles. The summed E-state index contributed by atoms with van der Waals surface area (Å²) in [5, 5.41) is -0.315. The second-order valence-electron chi connectivity index (χ2n) is 3.29. The lowest BCUT2D eigenvalue weighted by Crippen LogP contribution is -2.18. The molecule has 0 heterocycles. The lowest BCUT2D eigenvalue weighted by Gasteiger charge is -2.09. The van der Waals surface area contributed by atoms with E-state index in [0.29, 0.717) is 13.0 Å². The third kappa shape index (κ3) is 4.38. The summed E-state index contributed by atoms with van der Waals surface area (Å²) in [4.78, 5) is 11.3. The number of aryl methyl sites for hydroxylation is 1. The van der Waals surface area contributed by atoms with Crippen molar-refractivity contribution in [3.8, 4) is 0 Å². The molecule has 82 valence electrons. The molecule has 0 spiro atoms. The summed E-state index contributed by atoms with van der Waals surface area (Å²) in [7, 11) is 0. The summed E-state index contributed by atoms with van der Waals surface area (Å²) >= 11 is 4.21. The molecule has 0 saturated carbocycles. The quantitative estimate of drug-likeness (QED) is 0.614. The van der Waals surface area contributed by atoms with Gasteiger partial charge in [-0.25, -0.2) is 0 Å². The van der Waals surface area contributed by atoms with Crippen LogP contribution < -0.4 is 0 Å². The molecule has 15 heavy (non-hydrogen) atoms. The number of carbonyl (C=O) groups is 1. The van der Waals surface area contributed by atoms with E-state index in [-0.39, 0.29) is 11.2 Å². The summed E-state index contributed by atoms with van der Waals surface area (Å²) in [5.41, 5.74) is 1.22. The standard InChI is InChI=1S/C12H16O2S/c1-2-14-12(13)11(15)9-8-10-6-4-3-5-7-10/h3-7,11,15H,2,8-9H2,1H3. The van der Waals surface area contributed by atoms with Gasteiger partial charge in [0.05, 0.1) is 11.9 Å². The Hall–Kier alpha value is -0.960. The maximum atomic E-state index is 11.3. The van der Waals surface area contributed by atoms with Gasteiger partial charge in [-0.05, 0) is 25.3 Å². The fraction of sp³-hybridized carbons (Fsp3) is 0.417. The smallest absolute Gasteiger partial charge is 0.318 e. The first-order valence-corrected chi connectivity index (χ1v) is 5.64. The minimum atomic E-state index is -0.315. The van der Waals surface area contributed by atoms with Crippen LogP contribution in [0.2, 0.25) is 0 Å². The Labute approximate surface area is 96.1 Å². The van der Waals surface area contributed by atoms with E-state index in [1.165, 1.54) is 5.56 Å². The fourth-order valence-electron chi connectivity index (χ4n) is 1.30. The number of thiol groups is 1. The van der Waals surface area contributed by atoms with E-state index in [1.54, 1.807) is 6.92 Å². The second kappa shape index (κ2) is 6.51. The van der Waals surface area contributed by atoms with Gasteiger partial charge in [0.15, 0.2) is 0 Å². The van der Waals surface area contributed by atoms with Gasteiger partial charge in [0.1, 0.15) is 0 Å². The van der Waals surface area contributed by atoms with E-state index in [1.807, 2.05) is 30.3 Å². The van der Waals surface area contributed by atoms with Gasteiger partial charge in [0, 0.05) is 0 Å². The number of hydrogen-bond donors (Lipinski definition) is 1. The van der Waals surface area contributed by atoms with Crippen LogP contribution in [0.15, 0.2) is 30.3 Å². The Balaban J connectivity index is 2.34. The van der Waals surface area contributed by atoms with Crippen molar-refractivity contribution in [2.45, 2.75) is 25.0 Å². The molecule has 1 atom stereocenters. The van der Waals surface area contributed by atoms with Crippen molar-refractivity contribution in [3.63, 3.8) is 0 Å². The second-order valence-corrected chi connectivity index (χ2v) is 3.92. The maximum absolute atomic E-state index is 11.3. The SMILES string of the molecule is CCOC(=O)C(S)CCc1ccccc1. The van der Waals surface area contributed by atoms with Crippen molar-refractivity contribution in [2.75, 3.05) is 6.61 Å². The molecule has 1 unspecified atom stereocenters. The third-order valence-corrected chi connectivity index (χ3v) is 2.58. The molecule has 0 fully saturated rings. The van der Waals surface area contributed by atoms with Crippen molar-refractivity contribution in [1.82, 2.24) is 0 Å². The van der Waals surface area contributed by atoms with Crippen LogP contribution in [0.4, 0.5) is 0 Å². The van der Waals surface area contributed by atoms with Crippen molar-refractivity contribution < 1.29 is 9.53 Å². The zero-order valence-electron chi connectivity index (χ0n) is 8.85. The van der Waals surface area contributed by atoms with Gasteiger partial charge in [-0.2, -0.15) is 12.6 Å². The van der Waals surface area contributed by atoms with Gasteiger partial charge in [0.25, 0.3) is 0 Å². The van der Waals surface area contributed by atoms with E-state index < -0.39 is 0 Å². The normalized spacial score (nSPS) is 12.1. The minimum absolute atomic E-state index is 0.225. The summed E-state index contributed by atoms with van der Waals surface area (Å²) in [6.07, 6.45) is 1.57. The van der Waals surface area contributed by atoms with Crippen LogP contribution in [-0.4, -0.2) is 17.8 Å². The molecule has 0 amide bonds. The zero-order chi connectivity index (χ0) is 11.1. The van der Waals surface area contributed by atoms with Crippen LogP contribution in [0.5, 0.6) is 0 Å². The number of benzene rings is 1. The van der Waals surface area contributed by atoms with Crippen LogP contribution in [0.25, 0.3) is 0 Å². The van der Waals surface area contributed by atoms with Crippen molar-refractivity contribution in [3.05, 3.63) is 35.9 Å². The van der Waals surface area contributed by atoms with Gasteiger partial charge in [-0.3, -0.25) is 4.79 Å². The summed E-state index contributed by atoms with van der Waals surface area (Å²) < 4.78 is 4.88. The number of ether oxygens (including phenoxy) is 1. The summed E-state index contributed by atoms with van der Waals surface area (Å²) in [6.45, 7) is 2.22. The Morgan fingerprint density at radius 1 is 1.40 bits per heavy atom. The number of esters is 1. The van der Waals surface area contributed by atoms with Crippen LogP contribution in [0.1, 0.15) is 18.9 Å². The van der Waals surface area contributed by atoms with E-state index >= 15 is 0 Å². The average Bonchev–Trinajstić information content (AvgIpc) is 2.27. The molecule has 2 nitrogen and oxygen atoms in total. The summed E-state index contributed by atoms with van der Waals surface area (Å²) in [6, 6.07) is 10.1. The third-order valence-electron chi connectivity index (χ3n) is 2.11. The predicted molar refractivity (Wildman–Crippen MR) is 64.2 cm³/mol. The van der Waals surface area contributed by atoms with Gasteiger partial charge < -0.3 is 4.74 Å². The molecule has 0 N–H and O–H groups in total. The Morgan fingerprint density at radius 2 is 2.07 bits per heavy atom. The average molecular weight is 224 g/mol. The van der Waals surface area contributed by atoms with Crippen molar-refractivity contribution in [1.29, 1.82) is 0 Å². The Kier molecular flexibility index (Phi) is 5.26. The highest BCUT2D eigenvalue weighted by Crippen LogP contribution is 2.10. The molecule has 0 aliphatic heterocycles. The highest BCUT2D eigenvalue weighted by Gasteiger charge is 2.14. The largest absolute Gasteiger partial charge is 0.465 e. The number of hydrogen-bond acceptors (Lipinski definition) is 3. The lowest BCUT2D eigenvalue weighted by molar-refractivity contribution is -0.142. The first kappa shape index (κ1) is 12.1. The van der Waals surface area contributed by atoms with E-state index in [0.717, 1.165) is 6.42 Å². The highest BCUT2D eigenvalue weighted by atomic mass is 32.1. The van der Waals surface area contributed by atoms with Gasteiger partial charge in [-0.1, -0.05) is 30.3 Å². The van der Waals surface area contributed by atoms with Crippen LogP contribution in [0.3, 0.4) is 0 Å². The first-order valence-electron chi connectivity index (χ1n) is 5.12. The Morgan fingerprint density at radius 3 is 2.67 bits per heavy atom. The molecule has 0 radical (unpaired) electrons. The maximum Gasteiger partial charge on any atom is 0.318 e. The van der Waals surface area contributed by atoms with Crippen LogP contribution in [-0.2, 0) is 16.0 Å².